The molecular weight excluding hydrogens is 388 g/mol. The first kappa shape index (κ1) is 18.2. The molecule has 2 heterocycles. The SMILES string of the molecule is N#Cc1ccccc1NC(=O)CSc1nc(-c2cccs2)nc2ccccc12. The number of benzene rings is 2. The molecule has 0 bridgehead atoms. The molecule has 7 heteroatoms. The van der Waals surface area contributed by atoms with Gasteiger partial charge in [-0.15, -0.1) is 11.3 Å². The number of nitriles is 1. The summed E-state index contributed by atoms with van der Waals surface area (Å²) in [5.74, 6) is 0.657. The smallest absolute Gasteiger partial charge is 0.234 e. The summed E-state index contributed by atoms with van der Waals surface area (Å²) >= 11 is 2.94. The van der Waals surface area contributed by atoms with Crippen molar-refractivity contribution >= 4 is 45.6 Å². The standard InChI is InChI=1S/C21H14N4OS2/c22-12-14-6-1-3-8-16(14)23-19(26)13-28-21-15-7-2-4-9-17(15)24-20(25-21)18-10-5-11-27-18/h1-11H,13H2,(H,23,26). The highest BCUT2D eigenvalue weighted by atomic mass is 32.2. The third-order valence-corrected chi connectivity index (χ3v) is 5.83. The van der Waals surface area contributed by atoms with Gasteiger partial charge in [-0.2, -0.15) is 5.26 Å². The predicted molar refractivity (Wildman–Crippen MR) is 113 cm³/mol. The van der Waals surface area contributed by atoms with Gasteiger partial charge < -0.3 is 5.32 Å². The molecule has 1 N–H and O–H groups in total. The number of amides is 1. The molecule has 0 spiro atoms. The van der Waals surface area contributed by atoms with Crippen LogP contribution in [0.4, 0.5) is 5.69 Å². The largest absolute Gasteiger partial charge is 0.324 e. The molecule has 0 aliphatic carbocycles. The highest BCUT2D eigenvalue weighted by Gasteiger charge is 2.13. The Bertz CT molecular complexity index is 1180. The number of thioether (sulfide) groups is 1. The fourth-order valence-electron chi connectivity index (χ4n) is 2.68. The molecule has 0 aliphatic rings. The van der Waals surface area contributed by atoms with Crippen LogP contribution in [0.1, 0.15) is 5.56 Å². The van der Waals surface area contributed by atoms with E-state index in [9.17, 15) is 4.79 Å². The highest BCUT2D eigenvalue weighted by molar-refractivity contribution is 8.00. The van der Waals surface area contributed by atoms with E-state index in [0.717, 1.165) is 20.8 Å². The van der Waals surface area contributed by atoms with Crippen molar-refractivity contribution in [2.75, 3.05) is 11.1 Å². The van der Waals surface area contributed by atoms with Gasteiger partial charge in [0.2, 0.25) is 5.91 Å². The van der Waals surface area contributed by atoms with Gasteiger partial charge in [-0.1, -0.05) is 48.2 Å². The lowest BCUT2D eigenvalue weighted by molar-refractivity contribution is -0.113. The number of aromatic nitrogens is 2. The lowest BCUT2D eigenvalue weighted by atomic mass is 10.2. The summed E-state index contributed by atoms with van der Waals surface area (Å²) in [6.07, 6.45) is 0. The number of nitrogens with zero attached hydrogens (tertiary/aromatic N) is 3. The fraction of sp³-hybridized carbons (Fsp3) is 0.0476. The minimum atomic E-state index is -0.187. The highest BCUT2D eigenvalue weighted by Crippen LogP contribution is 2.30. The van der Waals surface area contributed by atoms with E-state index < -0.39 is 0 Å². The summed E-state index contributed by atoms with van der Waals surface area (Å²) in [6.45, 7) is 0. The molecule has 0 aliphatic heterocycles. The van der Waals surface area contributed by atoms with Crippen molar-refractivity contribution in [3.63, 3.8) is 0 Å². The summed E-state index contributed by atoms with van der Waals surface area (Å²) in [4.78, 5) is 22.7. The van der Waals surface area contributed by atoms with E-state index in [2.05, 4.69) is 21.4 Å². The van der Waals surface area contributed by atoms with E-state index in [4.69, 9.17) is 5.26 Å². The monoisotopic (exact) mass is 402 g/mol. The first-order valence-electron chi connectivity index (χ1n) is 8.47. The van der Waals surface area contributed by atoms with Crippen LogP contribution in [-0.4, -0.2) is 21.6 Å². The lowest BCUT2D eigenvalue weighted by Crippen LogP contribution is -2.15. The van der Waals surface area contributed by atoms with Crippen LogP contribution in [0.15, 0.2) is 71.1 Å². The van der Waals surface area contributed by atoms with Crippen molar-refractivity contribution < 1.29 is 4.79 Å². The zero-order chi connectivity index (χ0) is 19.3. The third kappa shape index (κ3) is 3.88. The summed E-state index contributed by atoms with van der Waals surface area (Å²) < 4.78 is 0. The average Bonchev–Trinajstić information content (AvgIpc) is 3.27. The Balaban J connectivity index is 1.57. The number of hydrogen-bond acceptors (Lipinski definition) is 6. The zero-order valence-electron chi connectivity index (χ0n) is 14.6. The maximum atomic E-state index is 12.4. The first-order chi connectivity index (χ1) is 13.7. The van der Waals surface area contributed by atoms with E-state index in [-0.39, 0.29) is 11.7 Å². The second kappa shape index (κ2) is 8.21. The second-order valence-electron chi connectivity index (χ2n) is 5.84. The van der Waals surface area contributed by atoms with Gasteiger partial charge in [0.05, 0.1) is 27.4 Å². The van der Waals surface area contributed by atoms with Crippen LogP contribution in [0.25, 0.3) is 21.6 Å². The van der Waals surface area contributed by atoms with E-state index in [1.54, 1.807) is 35.6 Å². The van der Waals surface area contributed by atoms with Crippen molar-refractivity contribution in [3.05, 3.63) is 71.6 Å². The third-order valence-electron chi connectivity index (χ3n) is 3.97. The number of thiophene rings is 1. The molecule has 136 valence electrons. The van der Waals surface area contributed by atoms with Crippen molar-refractivity contribution in [3.8, 4) is 16.8 Å². The molecule has 0 fully saturated rings. The fourth-order valence-corrected chi connectivity index (χ4v) is 4.16. The van der Waals surface area contributed by atoms with Crippen molar-refractivity contribution in [2.24, 2.45) is 0 Å². The number of carbonyl (C=O) groups is 1. The topological polar surface area (TPSA) is 78.7 Å². The normalized spacial score (nSPS) is 10.5. The molecule has 28 heavy (non-hydrogen) atoms. The molecule has 0 saturated carbocycles. The van der Waals surface area contributed by atoms with Crippen LogP contribution >= 0.6 is 23.1 Å². The molecule has 1 amide bonds. The molecule has 5 nitrogen and oxygen atoms in total. The molecule has 2 aromatic carbocycles. The van der Waals surface area contributed by atoms with Crippen LogP contribution in [0, 0.1) is 11.3 Å². The van der Waals surface area contributed by atoms with E-state index in [0.29, 0.717) is 17.1 Å². The van der Waals surface area contributed by atoms with Gasteiger partial charge >= 0.3 is 0 Å². The predicted octanol–water partition coefficient (Wildman–Crippen LogP) is 4.96. The van der Waals surface area contributed by atoms with Gasteiger partial charge in [-0.25, -0.2) is 9.97 Å². The second-order valence-corrected chi connectivity index (χ2v) is 7.75. The molecule has 0 radical (unpaired) electrons. The molecular formula is C21H14N4OS2. The quantitative estimate of drug-likeness (QED) is 0.377. The zero-order valence-corrected chi connectivity index (χ0v) is 16.3. The Kier molecular flexibility index (Phi) is 5.33. The molecule has 0 unspecified atom stereocenters. The molecule has 4 rings (SSSR count). The average molecular weight is 403 g/mol. The van der Waals surface area contributed by atoms with Gasteiger partial charge in [-0.3, -0.25) is 4.79 Å². The summed E-state index contributed by atoms with van der Waals surface area (Å²) in [5, 5.41) is 15.6. The molecule has 2 aromatic heterocycles. The number of nitrogens with one attached hydrogen (secondary N) is 1. The summed E-state index contributed by atoms with van der Waals surface area (Å²) in [5.41, 5.74) is 1.80. The van der Waals surface area contributed by atoms with E-state index in [1.807, 2.05) is 41.8 Å². The van der Waals surface area contributed by atoms with Gasteiger partial charge in [0.15, 0.2) is 5.82 Å². The minimum Gasteiger partial charge on any atom is -0.324 e. The van der Waals surface area contributed by atoms with Crippen LogP contribution < -0.4 is 5.32 Å². The number of hydrogen-bond donors (Lipinski definition) is 1. The lowest BCUT2D eigenvalue weighted by Gasteiger charge is -2.09. The molecule has 0 saturated heterocycles. The molecule has 4 aromatic rings. The van der Waals surface area contributed by atoms with Gasteiger partial charge in [0.1, 0.15) is 11.1 Å². The number of carbonyl (C=O) groups excluding carboxylic acids is 1. The van der Waals surface area contributed by atoms with Crippen LogP contribution in [-0.2, 0) is 4.79 Å². The number of fused-ring (bicyclic) bond motifs is 1. The van der Waals surface area contributed by atoms with Gasteiger partial charge in [0.25, 0.3) is 0 Å². The first-order valence-corrected chi connectivity index (χ1v) is 10.3. The van der Waals surface area contributed by atoms with E-state index >= 15 is 0 Å². The van der Waals surface area contributed by atoms with Crippen LogP contribution in [0.5, 0.6) is 0 Å². The Labute approximate surface area is 170 Å². The van der Waals surface area contributed by atoms with Gasteiger partial charge in [-0.05, 0) is 29.6 Å². The van der Waals surface area contributed by atoms with Crippen molar-refractivity contribution in [1.29, 1.82) is 5.26 Å². The van der Waals surface area contributed by atoms with Crippen molar-refractivity contribution in [2.45, 2.75) is 5.03 Å². The number of para-hydroxylation sites is 2. The van der Waals surface area contributed by atoms with E-state index in [1.165, 1.54) is 11.8 Å². The summed E-state index contributed by atoms with van der Waals surface area (Å²) in [7, 11) is 0. The number of anilines is 1. The maximum absolute atomic E-state index is 12.4. The van der Waals surface area contributed by atoms with Crippen LogP contribution in [0.2, 0.25) is 0 Å². The Hall–Kier alpha value is -3.21. The summed E-state index contributed by atoms with van der Waals surface area (Å²) in [6, 6.07) is 20.7. The van der Waals surface area contributed by atoms with Crippen molar-refractivity contribution in [1.82, 2.24) is 9.97 Å². The Morgan fingerprint density at radius 3 is 2.71 bits per heavy atom. The Morgan fingerprint density at radius 2 is 1.89 bits per heavy atom. The molecule has 0 atom stereocenters. The maximum Gasteiger partial charge on any atom is 0.234 e. The van der Waals surface area contributed by atoms with Gasteiger partial charge in [0, 0.05) is 5.39 Å². The minimum absolute atomic E-state index is 0.185. The van der Waals surface area contributed by atoms with Crippen LogP contribution in [0.3, 0.4) is 0 Å². The Morgan fingerprint density at radius 1 is 1.07 bits per heavy atom. The number of rotatable bonds is 5.